The van der Waals surface area contributed by atoms with Crippen molar-refractivity contribution in [1.82, 2.24) is 14.7 Å². The maximum Gasteiger partial charge on any atom is 0.322 e. The van der Waals surface area contributed by atoms with Gasteiger partial charge in [-0.1, -0.05) is 32.0 Å². The molecule has 14 heteroatoms. The van der Waals surface area contributed by atoms with E-state index in [0.29, 0.717) is 23.9 Å². The van der Waals surface area contributed by atoms with Gasteiger partial charge in [0.05, 0.1) is 28.9 Å². The summed E-state index contributed by atoms with van der Waals surface area (Å²) in [7, 11) is -4.14. The molecule has 0 spiro atoms. The Hall–Kier alpha value is -4.30. The summed E-state index contributed by atoms with van der Waals surface area (Å²) in [4.78, 5) is 57.6. The first-order valence-electron chi connectivity index (χ1n) is 14.4. The third-order valence-electron chi connectivity index (χ3n) is 9.52. The van der Waals surface area contributed by atoms with Gasteiger partial charge in [0, 0.05) is 11.8 Å². The standard InChI is InChI=1S/C30H33N5O8S/c1-29(2)17-9-10-30(29,24(36)13-17)15-44(41,42)35-21(27(39)40)12-16-7-8-22-20(11-16)31-26(38)23(43-22)14-25(37)34-28-32-18-5-3-4-6-19(18)33-28/h3-8,11,17,21,23,35H,9-10,12-15H2,1-2H3,(H,31,38)(H,39,40)(H2,32,33,34,37)/t17?,21-,23?,30?/m0/s1. The molecule has 4 atom stereocenters. The fraction of sp³-hybridized carbons (Fsp3) is 0.433. The number of carbonyl (C=O) groups is 4. The SMILES string of the molecule is CC1(C)C2CCC1(CS(=O)(=O)N[C@@H](Cc1ccc3c(c1)NC(=O)C(CC(=O)Nc1nc4ccccc4[nH]1)O3)C(=O)O)C(=O)C2. The van der Waals surface area contributed by atoms with E-state index in [4.69, 9.17) is 4.74 Å². The number of aromatic nitrogens is 2. The minimum absolute atomic E-state index is 0.0771. The molecular formula is C30H33N5O8S. The van der Waals surface area contributed by atoms with Crippen LogP contribution in [-0.2, 0) is 35.6 Å². The molecule has 0 radical (unpaired) electrons. The van der Waals surface area contributed by atoms with Gasteiger partial charge in [0.2, 0.25) is 21.9 Å². The van der Waals surface area contributed by atoms with Crippen molar-refractivity contribution < 1.29 is 37.4 Å². The molecule has 3 aliphatic rings. The first kappa shape index (κ1) is 29.8. The summed E-state index contributed by atoms with van der Waals surface area (Å²) >= 11 is 0. The number of aliphatic carboxylic acids is 1. The Morgan fingerprint density at radius 3 is 2.64 bits per heavy atom. The zero-order valence-electron chi connectivity index (χ0n) is 24.2. The van der Waals surface area contributed by atoms with Gasteiger partial charge in [0.1, 0.15) is 17.6 Å². The first-order valence-corrected chi connectivity index (χ1v) is 16.0. The minimum atomic E-state index is -4.14. The first-order chi connectivity index (χ1) is 20.8. The summed E-state index contributed by atoms with van der Waals surface area (Å²) in [6, 6.07) is 10.4. The van der Waals surface area contributed by atoms with E-state index in [1.807, 2.05) is 32.0 Å². The van der Waals surface area contributed by atoms with Crippen LogP contribution in [0.15, 0.2) is 42.5 Å². The Balaban J connectivity index is 1.10. The average Bonchev–Trinajstić information content (AvgIpc) is 3.51. The number of nitrogens with zero attached hydrogens (tertiary/aromatic N) is 1. The molecule has 13 nitrogen and oxygen atoms in total. The molecule has 2 fully saturated rings. The van der Waals surface area contributed by atoms with Crippen LogP contribution in [0, 0.1) is 16.7 Å². The van der Waals surface area contributed by atoms with Gasteiger partial charge in [-0.05, 0) is 60.4 Å². The van der Waals surface area contributed by atoms with Crippen LogP contribution in [0.3, 0.4) is 0 Å². The normalized spacial score (nSPS) is 24.4. The topological polar surface area (TPSA) is 197 Å². The maximum atomic E-state index is 13.2. The molecule has 44 heavy (non-hydrogen) atoms. The summed E-state index contributed by atoms with van der Waals surface area (Å²) in [5, 5.41) is 15.2. The number of imidazole rings is 1. The van der Waals surface area contributed by atoms with E-state index in [1.165, 1.54) is 12.1 Å². The van der Waals surface area contributed by atoms with E-state index >= 15 is 0 Å². The number of H-pyrrole nitrogens is 1. The molecule has 1 aliphatic heterocycles. The number of carbonyl (C=O) groups excluding carboxylic acids is 3. The van der Waals surface area contributed by atoms with Gasteiger partial charge in [-0.25, -0.2) is 18.1 Å². The van der Waals surface area contributed by atoms with Crippen molar-refractivity contribution >= 4 is 56.3 Å². The average molecular weight is 624 g/mol. The second kappa shape index (κ2) is 10.7. The number of aromatic amines is 1. The Morgan fingerprint density at radius 2 is 1.95 bits per heavy atom. The van der Waals surface area contributed by atoms with Crippen molar-refractivity contribution in [2.45, 2.75) is 58.1 Å². The molecule has 2 bridgehead atoms. The quantitative estimate of drug-likeness (QED) is 0.225. The third kappa shape index (κ3) is 5.32. The predicted octanol–water partition coefficient (Wildman–Crippen LogP) is 2.60. The smallest absolute Gasteiger partial charge is 0.322 e. The third-order valence-corrected chi connectivity index (χ3v) is 11.0. The monoisotopic (exact) mass is 623 g/mol. The molecule has 2 aliphatic carbocycles. The highest BCUT2D eigenvalue weighted by Crippen LogP contribution is 2.64. The molecule has 6 rings (SSSR count). The summed E-state index contributed by atoms with van der Waals surface area (Å²) < 4.78 is 34.5. The number of hydrogen-bond acceptors (Lipinski definition) is 8. The zero-order valence-corrected chi connectivity index (χ0v) is 25.0. The number of hydrogen-bond donors (Lipinski definition) is 5. The van der Waals surface area contributed by atoms with E-state index in [9.17, 15) is 32.7 Å². The number of anilines is 2. The Labute approximate surface area is 253 Å². The van der Waals surface area contributed by atoms with Crippen LogP contribution in [0.25, 0.3) is 11.0 Å². The molecule has 2 aromatic carbocycles. The number of Topliss-reactive ketones (excluding diaryl/α,β-unsaturated/α-hetero) is 1. The fourth-order valence-corrected chi connectivity index (χ4v) is 8.96. The van der Waals surface area contributed by atoms with Crippen molar-refractivity contribution in [1.29, 1.82) is 0 Å². The molecule has 3 unspecified atom stereocenters. The van der Waals surface area contributed by atoms with Gasteiger partial charge in [0.15, 0.2) is 6.10 Å². The number of ketones is 1. The summed E-state index contributed by atoms with van der Waals surface area (Å²) in [6.45, 7) is 3.84. The maximum absolute atomic E-state index is 13.2. The van der Waals surface area contributed by atoms with Gasteiger partial charge in [0.25, 0.3) is 5.91 Å². The van der Waals surface area contributed by atoms with Crippen LogP contribution >= 0.6 is 0 Å². The van der Waals surface area contributed by atoms with Crippen LogP contribution in [0.4, 0.5) is 11.6 Å². The summed E-state index contributed by atoms with van der Waals surface area (Å²) in [5.74, 6) is -2.32. The van der Waals surface area contributed by atoms with E-state index in [0.717, 1.165) is 11.9 Å². The van der Waals surface area contributed by atoms with E-state index < -0.39 is 56.5 Å². The molecule has 0 saturated heterocycles. The Kier molecular flexibility index (Phi) is 7.24. The highest BCUT2D eigenvalue weighted by molar-refractivity contribution is 7.89. The predicted molar refractivity (Wildman–Crippen MR) is 159 cm³/mol. The molecule has 2 amide bonds. The summed E-state index contributed by atoms with van der Waals surface area (Å²) in [5.41, 5.74) is 0.607. The summed E-state index contributed by atoms with van der Waals surface area (Å²) in [6.07, 6.45) is -0.0292. The van der Waals surface area contributed by atoms with E-state index in [1.54, 1.807) is 12.1 Å². The van der Waals surface area contributed by atoms with E-state index in [-0.39, 0.29) is 41.9 Å². The Bertz CT molecular complexity index is 1770. The lowest BCUT2D eigenvalue weighted by Gasteiger charge is -2.36. The number of ether oxygens (including phenoxy) is 1. The van der Waals surface area contributed by atoms with Crippen molar-refractivity contribution in [2.24, 2.45) is 16.7 Å². The van der Waals surface area contributed by atoms with Crippen LogP contribution in [0.5, 0.6) is 5.75 Å². The highest BCUT2D eigenvalue weighted by Gasteiger charge is 2.65. The molecular weight excluding hydrogens is 590 g/mol. The molecule has 3 aromatic rings. The number of rotatable bonds is 10. The van der Waals surface area contributed by atoms with Crippen molar-refractivity contribution in [3.8, 4) is 5.75 Å². The second-order valence-corrected chi connectivity index (χ2v) is 14.2. The lowest BCUT2D eigenvalue weighted by Crippen LogP contribution is -2.49. The lowest BCUT2D eigenvalue weighted by atomic mass is 9.70. The van der Waals surface area contributed by atoms with Gasteiger partial charge >= 0.3 is 5.97 Å². The fourth-order valence-electron chi connectivity index (χ4n) is 6.93. The van der Waals surface area contributed by atoms with Crippen LogP contribution < -0.4 is 20.1 Å². The van der Waals surface area contributed by atoms with Crippen molar-refractivity contribution in [2.75, 3.05) is 16.4 Å². The molecule has 5 N–H and O–H groups in total. The number of nitrogens with one attached hydrogen (secondary N) is 4. The zero-order chi connectivity index (χ0) is 31.4. The number of para-hydroxylation sites is 2. The van der Waals surface area contributed by atoms with Crippen molar-refractivity contribution in [3.63, 3.8) is 0 Å². The number of benzene rings is 2. The minimum Gasteiger partial charge on any atom is -0.480 e. The highest BCUT2D eigenvalue weighted by atomic mass is 32.2. The Morgan fingerprint density at radius 1 is 1.18 bits per heavy atom. The largest absolute Gasteiger partial charge is 0.480 e. The van der Waals surface area contributed by atoms with Crippen LogP contribution in [-0.4, -0.2) is 65.0 Å². The van der Waals surface area contributed by atoms with Crippen LogP contribution in [0.2, 0.25) is 0 Å². The van der Waals surface area contributed by atoms with Gasteiger partial charge < -0.3 is 20.1 Å². The van der Waals surface area contributed by atoms with Crippen molar-refractivity contribution in [3.05, 3.63) is 48.0 Å². The number of carboxylic acids is 1. The molecule has 2 heterocycles. The lowest BCUT2D eigenvalue weighted by molar-refractivity contribution is -0.139. The number of carboxylic acid groups (broad SMARTS) is 1. The van der Waals surface area contributed by atoms with Gasteiger partial charge in [-0.3, -0.25) is 24.5 Å². The molecule has 232 valence electrons. The van der Waals surface area contributed by atoms with Crippen LogP contribution in [0.1, 0.15) is 45.1 Å². The van der Waals surface area contributed by atoms with Gasteiger partial charge in [-0.15, -0.1) is 0 Å². The molecule has 2 saturated carbocycles. The van der Waals surface area contributed by atoms with Gasteiger partial charge in [-0.2, -0.15) is 0 Å². The number of fused-ring (bicyclic) bond motifs is 4. The second-order valence-electron chi connectivity index (χ2n) is 12.4. The number of sulfonamides is 1. The molecule has 1 aromatic heterocycles. The van der Waals surface area contributed by atoms with E-state index in [2.05, 4.69) is 25.3 Å². The number of amides is 2.